The van der Waals surface area contributed by atoms with Gasteiger partial charge in [0.15, 0.2) is 0 Å². The standard InChI is InChI=1S/C18H21BrN2O/c1-13(11-15-3-7-17(19)8-4-15)20-12-16-5-9-18(10-6-16)21-14(2)22/h3-10,13,20H,11-12H2,1-2H3,(H,21,22). The number of hydrogen-bond acceptors (Lipinski definition) is 2. The molecule has 2 aromatic rings. The van der Waals surface area contributed by atoms with E-state index in [0.717, 1.165) is 23.1 Å². The summed E-state index contributed by atoms with van der Waals surface area (Å²) in [7, 11) is 0. The lowest BCUT2D eigenvalue weighted by Crippen LogP contribution is -2.27. The van der Waals surface area contributed by atoms with Crippen molar-refractivity contribution in [2.75, 3.05) is 5.32 Å². The van der Waals surface area contributed by atoms with Gasteiger partial charge in [-0.1, -0.05) is 40.2 Å². The summed E-state index contributed by atoms with van der Waals surface area (Å²) >= 11 is 3.45. The van der Waals surface area contributed by atoms with Gasteiger partial charge in [0.2, 0.25) is 5.91 Å². The van der Waals surface area contributed by atoms with Crippen molar-refractivity contribution < 1.29 is 4.79 Å². The van der Waals surface area contributed by atoms with E-state index in [1.807, 2.05) is 24.3 Å². The Labute approximate surface area is 140 Å². The Bertz CT molecular complexity index is 608. The summed E-state index contributed by atoms with van der Waals surface area (Å²) in [6.07, 6.45) is 0.997. The van der Waals surface area contributed by atoms with E-state index >= 15 is 0 Å². The fourth-order valence-electron chi connectivity index (χ4n) is 2.25. The summed E-state index contributed by atoms with van der Waals surface area (Å²) in [5.74, 6) is -0.0472. The first-order chi connectivity index (χ1) is 10.5. The Morgan fingerprint density at radius 1 is 1.05 bits per heavy atom. The van der Waals surface area contributed by atoms with E-state index in [1.54, 1.807) is 0 Å². The number of hydrogen-bond donors (Lipinski definition) is 2. The van der Waals surface area contributed by atoms with Crippen LogP contribution in [0.2, 0.25) is 0 Å². The Morgan fingerprint density at radius 2 is 1.64 bits per heavy atom. The average Bonchev–Trinajstić information content (AvgIpc) is 2.48. The summed E-state index contributed by atoms with van der Waals surface area (Å²) < 4.78 is 1.11. The number of rotatable bonds is 6. The molecule has 2 aromatic carbocycles. The number of benzene rings is 2. The molecule has 0 spiro atoms. The van der Waals surface area contributed by atoms with Gasteiger partial charge < -0.3 is 10.6 Å². The van der Waals surface area contributed by atoms with Crippen molar-refractivity contribution in [3.63, 3.8) is 0 Å². The number of carbonyl (C=O) groups excluding carboxylic acids is 1. The summed E-state index contributed by atoms with van der Waals surface area (Å²) in [4.78, 5) is 11.0. The Morgan fingerprint density at radius 3 is 2.23 bits per heavy atom. The van der Waals surface area contributed by atoms with Crippen molar-refractivity contribution in [2.45, 2.75) is 32.9 Å². The molecule has 0 bridgehead atoms. The zero-order chi connectivity index (χ0) is 15.9. The number of amides is 1. The Kier molecular flexibility index (Phi) is 6.16. The molecule has 0 heterocycles. The van der Waals surface area contributed by atoms with Crippen molar-refractivity contribution in [1.29, 1.82) is 0 Å². The normalized spacial score (nSPS) is 12.0. The van der Waals surface area contributed by atoms with Crippen LogP contribution >= 0.6 is 15.9 Å². The van der Waals surface area contributed by atoms with Gasteiger partial charge in [-0.05, 0) is 48.7 Å². The van der Waals surface area contributed by atoms with Crippen LogP contribution in [-0.2, 0) is 17.8 Å². The van der Waals surface area contributed by atoms with Gasteiger partial charge in [0.25, 0.3) is 0 Å². The number of carbonyl (C=O) groups is 1. The van der Waals surface area contributed by atoms with E-state index in [2.05, 4.69) is 57.8 Å². The predicted octanol–water partition coefficient (Wildman–Crippen LogP) is 4.13. The monoisotopic (exact) mass is 360 g/mol. The van der Waals surface area contributed by atoms with Crippen molar-refractivity contribution in [1.82, 2.24) is 5.32 Å². The summed E-state index contributed by atoms with van der Waals surface area (Å²) in [5, 5.41) is 6.29. The van der Waals surface area contributed by atoms with Crippen LogP contribution in [-0.4, -0.2) is 11.9 Å². The molecule has 0 aromatic heterocycles. The Hall–Kier alpha value is -1.65. The first-order valence-corrected chi connectivity index (χ1v) is 8.16. The first kappa shape index (κ1) is 16.7. The molecule has 2 N–H and O–H groups in total. The molecule has 0 radical (unpaired) electrons. The quantitative estimate of drug-likeness (QED) is 0.812. The topological polar surface area (TPSA) is 41.1 Å². The molecule has 22 heavy (non-hydrogen) atoms. The van der Waals surface area contributed by atoms with Crippen molar-refractivity contribution in [2.24, 2.45) is 0 Å². The highest BCUT2D eigenvalue weighted by Gasteiger charge is 2.04. The van der Waals surface area contributed by atoms with Gasteiger partial charge >= 0.3 is 0 Å². The van der Waals surface area contributed by atoms with E-state index in [4.69, 9.17) is 0 Å². The average molecular weight is 361 g/mol. The van der Waals surface area contributed by atoms with E-state index in [1.165, 1.54) is 18.1 Å². The minimum atomic E-state index is -0.0472. The van der Waals surface area contributed by atoms with Gasteiger partial charge in [-0.15, -0.1) is 0 Å². The lowest BCUT2D eigenvalue weighted by atomic mass is 10.1. The number of anilines is 1. The maximum absolute atomic E-state index is 11.0. The van der Waals surface area contributed by atoms with Gasteiger partial charge in [-0.3, -0.25) is 4.79 Å². The fourth-order valence-corrected chi connectivity index (χ4v) is 2.51. The third kappa shape index (κ3) is 5.62. The minimum Gasteiger partial charge on any atom is -0.326 e. The maximum Gasteiger partial charge on any atom is 0.221 e. The molecule has 3 nitrogen and oxygen atoms in total. The van der Waals surface area contributed by atoms with Crippen molar-refractivity contribution in [3.05, 3.63) is 64.1 Å². The largest absolute Gasteiger partial charge is 0.326 e. The molecule has 0 saturated heterocycles. The highest BCUT2D eigenvalue weighted by Crippen LogP contribution is 2.13. The summed E-state index contributed by atoms with van der Waals surface area (Å²) in [5.41, 5.74) is 3.36. The van der Waals surface area contributed by atoms with Gasteiger partial charge in [0.05, 0.1) is 0 Å². The molecular formula is C18H21BrN2O. The van der Waals surface area contributed by atoms with Gasteiger partial charge in [0, 0.05) is 29.7 Å². The Balaban J connectivity index is 1.81. The molecule has 0 aliphatic heterocycles. The molecular weight excluding hydrogens is 340 g/mol. The van der Waals surface area contributed by atoms with Gasteiger partial charge in [-0.2, -0.15) is 0 Å². The summed E-state index contributed by atoms with van der Waals surface area (Å²) in [6.45, 7) is 4.52. The zero-order valence-electron chi connectivity index (χ0n) is 12.9. The van der Waals surface area contributed by atoms with Crippen LogP contribution < -0.4 is 10.6 Å². The van der Waals surface area contributed by atoms with E-state index < -0.39 is 0 Å². The predicted molar refractivity (Wildman–Crippen MR) is 94.9 cm³/mol. The minimum absolute atomic E-state index is 0.0472. The second kappa shape index (κ2) is 8.11. The first-order valence-electron chi connectivity index (χ1n) is 7.37. The molecule has 0 saturated carbocycles. The fraction of sp³-hybridized carbons (Fsp3) is 0.278. The van der Waals surface area contributed by atoms with Crippen LogP contribution in [0.25, 0.3) is 0 Å². The second-order valence-electron chi connectivity index (χ2n) is 5.49. The lowest BCUT2D eigenvalue weighted by molar-refractivity contribution is -0.114. The van der Waals surface area contributed by atoms with Crippen LogP contribution in [0.1, 0.15) is 25.0 Å². The van der Waals surface area contributed by atoms with Crippen LogP contribution in [0, 0.1) is 0 Å². The maximum atomic E-state index is 11.0. The van der Waals surface area contributed by atoms with Gasteiger partial charge in [0.1, 0.15) is 0 Å². The number of halogens is 1. The molecule has 116 valence electrons. The van der Waals surface area contributed by atoms with Crippen LogP contribution in [0.3, 0.4) is 0 Å². The van der Waals surface area contributed by atoms with Crippen LogP contribution in [0.15, 0.2) is 53.0 Å². The second-order valence-corrected chi connectivity index (χ2v) is 6.41. The molecule has 0 fully saturated rings. The van der Waals surface area contributed by atoms with E-state index in [-0.39, 0.29) is 5.91 Å². The van der Waals surface area contributed by atoms with E-state index in [0.29, 0.717) is 6.04 Å². The SMILES string of the molecule is CC(=O)Nc1ccc(CNC(C)Cc2ccc(Br)cc2)cc1. The third-order valence-electron chi connectivity index (χ3n) is 3.38. The van der Waals surface area contributed by atoms with Crippen molar-refractivity contribution in [3.8, 4) is 0 Å². The lowest BCUT2D eigenvalue weighted by Gasteiger charge is -2.14. The molecule has 0 aliphatic rings. The molecule has 0 aliphatic carbocycles. The smallest absolute Gasteiger partial charge is 0.221 e. The molecule has 4 heteroatoms. The summed E-state index contributed by atoms with van der Waals surface area (Å²) in [6, 6.07) is 16.8. The highest BCUT2D eigenvalue weighted by atomic mass is 79.9. The molecule has 1 amide bonds. The molecule has 1 unspecified atom stereocenters. The van der Waals surface area contributed by atoms with Crippen molar-refractivity contribution >= 4 is 27.5 Å². The highest BCUT2D eigenvalue weighted by molar-refractivity contribution is 9.10. The van der Waals surface area contributed by atoms with Gasteiger partial charge in [-0.25, -0.2) is 0 Å². The molecule has 1 atom stereocenters. The number of nitrogens with one attached hydrogen (secondary N) is 2. The van der Waals surface area contributed by atoms with Crippen LogP contribution in [0.4, 0.5) is 5.69 Å². The van der Waals surface area contributed by atoms with E-state index in [9.17, 15) is 4.79 Å². The van der Waals surface area contributed by atoms with Crippen LogP contribution in [0.5, 0.6) is 0 Å². The zero-order valence-corrected chi connectivity index (χ0v) is 14.5. The third-order valence-corrected chi connectivity index (χ3v) is 3.91. The molecule has 2 rings (SSSR count).